The Morgan fingerprint density at radius 1 is 1.26 bits per heavy atom. The number of benzene rings is 1. The first-order valence-corrected chi connectivity index (χ1v) is 6.86. The summed E-state index contributed by atoms with van der Waals surface area (Å²) in [6.07, 6.45) is 2.63. The Hall–Kier alpha value is -1.59. The van der Waals surface area contributed by atoms with E-state index in [0.717, 1.165) is 33.4 Å². The van der Waals surface area contributed by atoms with Crippen molar-refractivity contribution in [2.24, 2.45) is 5.73 Å². The van der Waals surface area contributed by atoms with Crippen molar-refractivity contribution >= 4 is 11.3 Å². The number of nitrogens with two attached hydrogens (primary N) is 1. The average Bonchev–Trinajstić information content (AvgIpc) is 2.87. The Kier molecular flexibility index (Phi) is 4.39. The van der Waals surface area contributed by atoms with Crippen molar-refractivity contribution in [3.63, 3.8) is 0 Å². The number of thiazole rings is 1. The predicted molar refractivity (Wildman–Crippen MR) is 77.1 cm³/mol. The number of nitrogens with zero attached hydrogens (tertiary/aromatic N) is 1. The van der Waals surface area contributed by atoms with Crippen LogP contribution in [0.15, 0.2) is 24.4 Å². The quantitative estimate of drug-likeness (QED) is 0.913. The van der Waals surface area contributed by atoms with Crippen LogP contribution in [0.5, 0.6) is 11.5 Å². The van der Waals surface area contributed by atoms with Crippen LogP contribution < -0.4 is 15.2 Å². The van der Waals surface area contributed by atoms with E-state index in [1.54, 1.807) is 25.6 Å². The van der Waals surface area contributed by atoms with E-state index in [1.807, 2.05) is 31.3 Å². The van der Waals surface area contributed by atoms with Gasteiger partial charge in [0.1, 0.15) is 0 Å². The largest absolute Gasteiger partial charge is 0.493 e. The van der Waals surface area contributed by atoms with Crippen LogP contribution in [-0.2, 0) is 6.42 Å². The third-order valence-corrected chi connectivity index (χ3v) is 4.02. The number of ether oxygens (including phenoxy) is 2. The second-order valence-electron chi connectivity index (χ2n) is 4.31. The fraction of sp³-hybridized carbons (Fsp3) is 0.357. The highest BCUT2D eigenvalue weighted by Gasteiger charge is 2.09. The molecular formula is C14H18N2O2S. The summed E-state index contributed by atoms with van der Waals surface area (Å²) < 4.78 is 10.5. The zero-order valence-corrected chi connectivity index (χ0v) is 12.2. The highest BCUT2D eigenvalue weighted by molar-refractivity contribution is 7.11. The molecule has 1 aromatic carbocycles. The van der Waals surface area contributed by atoms with Crippen molar-refractivity contribution in [1.29, 1.82) is 0 Å². The molecule has 0 saturated heterocycles. The summed E-state index contributed by atoms with van der Waals surface area (Å²) in [5.74, 6) is 1.48. The van der Waals surface area contributed by atoms with Gasteiger partial charge < -0.3 is 15.2 Å². The van der Waals surface area contributed by atoms with Crippen LogP contribution in [0.3, 0.4) is 0 Å². The number of rotatable bonds is 5. The van der Waals surface area contributed by atoms with Gasteiger partial charge in [0.05, 0.1) is 19.2 Å². The van der Waals surface area contributed by atoms with E-state index in [1.165, 1.54) is 0 Å². The highest BCUT2D eigenvalue weighted by Crippen LogP contribution is 2.29. The SMILES string of the molecule is COc1ccc(Cc2ncc(C(C)N)s2)cc1OC. The fourth-order valence-corrected chi connectivity index (χ4v) is 2.69. The lowest BCUT2D eigenvalue weighted by Gasteiger charge is -2.08. The summed E-state index contributed by atoms with van der Waals surface area (Å²) in [5.41, 5.74) is 6.98. The van der Waals surface area contributed by atoms with E-state index < -0.39 is 0 Å². The van der Waals surface area contributed by atoms with Gasteiger partial charge in [-0.2, -0.15) is 0 Å². The molecule has 1 unspecified atom stereocenters. The van der Waals surface area contributed by atoms with Gasteiger partial charge in [-0.05, 0) is 24.6 Å². The van der Waals surface area contributed by atoms with Gasteiger partial charge in [-0.3, -0.25) is 0 Å². The van der Waals surface area contributed by atoms with Gasteiger partial charge in [-0.1, -0.05) is 6.07 Å². The Morgan fingerprint density at radius 2 is 2.00 bits per heavy atom. The van der Waals surface area contributed by atoms with Crippen molar-refractivity contribution in [1.82, 2.24) is 4.98 Å². The smallest absolute Gasteiger partial charge is 0.160 e. The van der Waals surface area contributed by atoms with Gasteiger partial charge in [0.25, 0.3) is 0 Å². The zero-order chi connectivity index (χ0) is 13.8. The van der Waals surface area contributed by atoms with E-state index in [-0.39, 0.29) is 6.04 Å². The van der Waals surface area contributed by atoms with Gasteiger partial charge >= 0.3 is 0 Å². The Morgan fingerprint density at radius 3 is 2.58 bits per heavy atom. The standard InChI is InChI=1S/C14H18N2O2S/c1-9(15)13-8-16-14(19-13)7-10-4-5-11(17-2)12(6-10)18-3/h4-6,8-9H,7,15H2,1-3H3. The Balaban J connectivity index is 2.18. The maximum atomic E-state index is 5.84. The number of aromatic nitrogens is 1. The molecule has 2 N–H and O–H groups in total. The molecule has 1 heterocycles. The van der Waals surface area contributed by atoms with Crippen LogP contribution in [-0.4, -0.2) is 19.2 Å². The lowest BCUT2D eigenvalue weighted by atomic mass is 10.1. The first-order valence-electron chi connectivity index (χ1n) is 6.05. The van der Waals surface area contributed by atoms with Crippen LogP contribution in [0.25, 0.3) is 0 Å². The van der Waals surface area contributed by atoms with Crippen molar-refractivity contribution < 1.29 is 9.47 Å². The normalized spacial score (nSPS) is 12.2. The van der Waals surface area contributed by atoms with Gasteiger partial charge in [-0.15, -0.1) is 11.3 Å². The molecule has 0 aliphatic carbocycles. The minimum Gasteiger partial charge on any atom is -0.493 e. The van der Waals surface area contributed by atoms with Crippen LogP contribution in [0.2, 0.25) is 0 Å². The van der Waals surface area contributed by atoms with Crippen molar-refractivity contribution in [3.8, 4) is 11.5 Å². The number of methoxy groups -OCH3 is 2. The molecule has 2 rings (SSSR count). The Labute approximate surface area is 117 Å². The van der Waals surface area contributed by atoms with Crippen LogP contribution in [0, 0.1) is 0 Å². The van der Waals surface area contributed by atoms with Gasteiger partial charge in [-0.25, -0.2) is 4.98 Å². The summed E-state index contributed by atoms with van der Waals surface area (Å²) in [6.45, 7) is 1.97. The van der Waals surface area contributed by atoms with Gasteiger partial charge in [0, 0.05) is 23.5 Å². The minimum absolute atomic E-state index is 0.0386. The first-order chi connectivity index (χ1) is 9.13. The molecule has 0 spiro atoms. The molecule has 0 saturated carbocycles. The van der Waals surface area contributed by atoms with Crippen molar-refractivity contribution in [2.75, 3.05) is 14.2 Å². The van der Waals surface area contributed by atoms with Gasteiger partial charge in [0.15, 0.2) is 11.5 Å². The van der Waals surface area contributed by atoms with Crippen LogP contribution >= 0.6 is 11.3 Å². The van der Waals surface area contributed by atoms with Crippen molar-refractivity contribution in [2.45, 2.75) is 19.4 Å². The molecule has 19 heavy (non-hydrogen) atoms. The van der Waals surface area contributed by atoms with Gasteiger partial charge in [0.2, 0.25) is 0 Å². The van der Waals surface area contributed by atoms with E-state index >= 15 is 0 Å². The molecular weight excluding hydrogens is 260 g/mol. The molecule has 0 aliphatic rings. The lowest BCUT2D eigenvalue weighted by Crippen LogP contribution is -2.01. The molecule has 0 aliphatic heterocycles. The van der Waals surface area contributed by atoms with Crippen molar-refractivity contribution in [3.05, 3.63) is 39.8 Å². The first kappa shape index (κ1) is 13.8. The molecule has 4 nitrogen and oxygen atoms in total. The summed E-state index contributed by atoms with van der Waals surface area (Å²) in [5, 5.41) is 1.06. The second kappa shape index (κ2) is 6.04. The maximum Gasteiger partial charge on any atom is 0.160 e. The maximum absolute atomic E-state index is 5.84. The molecule has 0 radical (unpaired) electrons. The molecule has 102 valence electrons. The summed E-state index contributed by atoms with van der Waals surface area (Å²) in [7, 11) is 3.27. The number of hydrogen-bond donors (Lipinski definition) is 1. The van der Waals surface area contributed by atoms with E-state index in [4.69, 9.17) is 15.2 Å². The fourth-order valence-electron chi connectivity index (χ4n) is 1.78. The average molecular weight is 278 g/mol. The predicted octanol–water partition coefficient (Wildman–Crippen LogP) is 2.77. The zero-order valence-electron chi connectivity index (χ0n) is 11.3. The molecule has 1 atom stereocenters. The second-order valence-corrected chi connectivity index (χ2v) is 5.46. The topological polar surface area (TPSA) is 57.4 Å². The lowest BCUT2D eigenvalue weighted by molar-refractivity contribution is 0.354. The third-order valence-electron chi connectivity index (χ3n) is 2.82. The number of hydrogen-bond acceptors (Lipinski definition) is 5. The Bertz CT molecular complexity index is 552. The monoisotopic (exact) mass is 278 g/mol. The van der Waals surface area contributed by atoms with E-state index in [9.17, 15) is 0 Å². The third kappa shape index (κ3) is 3.24. The molecule has 0 bridgehead atoms. The van der Waals surface area contributed by atoms with Crippen LogP contribution in [0.1, 0.15) is 28.4 Å². The molecule has 0 amide bonds. The summed E-state index contributed by atoms with van der Waals surface area (Å²) >= 11 is 1.65. The minimum atomic E-state index is 0.0386. The van der Waals surface area contributed by atoms with E-state index in [2.05, 4.69) is 4.98 Å². The molecule has 0 fully saturated rings. The van der Waals surface area contributed by atoms with Crippen LogP contribution in [0.4, 0.5) is 0 Å². The van der Waals surface area contributed by atoms with E-state index in [0.29, 0.717) is 0 Å². The molecule has 5 heteroatoms. The molecule has 1 aromatic heterocycles. The summed E-state index contributed by atoms with van der Waals surface area (Å²) in [6, 6.07) is 5.95. The highest BCUT2D eigenvalue weighted by atomic mass is 32.1. The molecule has 2 aromatic rings. The summed E-state index contributed by atoms with van der Waals surface area (Å²) in [4.78, 5) is 5.50.